The fourth-order valence-corrected chi connectivity index (χ4v) is 3.53. The maximum absolute atomic E-state index is 12.6. The van der Waals surface area contributed by atoms with Gasteiger partial charge in [0.05, 0.1) is 25.4 Å². The second-order valence-corrected chi connectivity index (χ2v) is 6.51. The lowest BCUT2D eigenvalue weighted by Gasteiger charge is -2.17. The Kier molecular flexibility index (Phi) is 4.24. The molecule has 0 aliphatic carbocycles. The summed E-state index contributed by atoms with van der Waals surface area (Å²) in [7, 11) is 1.68. The Morgan fingerprint density at radius 1 is 1.16 bits per heavy atom. The molecular weight excluding hydrogens is 314 g/mol. The standard InChI is InChI=1S/C20H21N3O2/c1-25-18-8-6-15(7-9-18)17-10-11-22(13-17)14-23-20(24)19-5-3-2-4-16(19)12-21-23/h2-9,12,17H,10-11,13-14H2,1H3. The third-order valence-electron chi connectivity index (χ3n) is 4.96. The molecular formula is C20H21N3O2. The Labute approximate surface area is 146 Å². The van der Waals surface area contributed by atoms with E-state index in [1.54, 1.807) is 18.0 Å². The molecule has 1 atom stereocenters. The number of ether oxygens (including phenoxy) is 1. The maximum atomic E-state index is 12.6. The molecule has 0 saturated carbocycles. The molecule has 5 nitrogen and oxygen atoms in total. The molecule has 0 radical (unpaired) electrons. The Hall–Kier alpha value is -2.66. The first-order valence-corrected chi connectivity index (χ1v) is 8.56. The van der Waals surface area contributed by atoms with Crippen molar-refractivity contribution in [3.05, 3.63) is 70.6 Å². The van der Waals surface area contributed by atoms with Crippen molar-refractivity contribution in [2.75, 3.05) is 20.2 Å². The Balaban J connectivity index is 1.49. The van der Waals surface area contributed by atoms with E-state index in [0.29, 0.717) is 12.6 Å². The molecule has 1 aliphatic heterocycles. The van der Waals surface area contributed by atoms with E-state index >= 15 is 0 Å². The van der Waals surface area contributed by atoms with E-state index in [1.807, 2.05) is 36.4 Å². The second kappa shape index (κ2) is 6.69. The number of aromatic nitrogens is 2. The molecule has 1 fully saturated rings. The van der Waals surface area contributed by atoms with Gasteiger partial charge >= 0.3 is 0 Å². The molecule has 2 aromatic carbocycles. The fourth-order valence-electron chi connectivity index (χ4n) is 3.53. The van der Waals surface area contributed by atoms with Crippen LogP contribution >= 0.6 is 0 Å². The number of hydrogen-bond donors (Lipinski definition) is 0. The zero-order valence-corrected chi connectivity index (χ0v) is 14.3. The van der Waals surface area contributed by atoms with Crippen molar-refractivity contribution >= 4 is 10.8 Å². The van der Waals surface area contributed by atoms with E-state index in [9.17, 15) is 4.79 Å². The van der Waals surface area contributed by atoms with Gasteiger partial charge in [0.1, 0.15) is 5.75 Å². The summed E-state index contributed by atoms with van der Waals surface area (Å²) in [5, 5.41) is 5.95. The topological polar surface area (TPSA) is 47.4 Å². The number of methoxy groups -OCH3 is 1. The Morgan fingerprint density at radius 2 is 1.96 bits per heavy atom. The number of rotatable bonds is 4. The fraction of sp³-hybridized carbons (Fsp3) is 0.300. The SMILES string of the molecule is COc1ccc(C2CCN(Cn3ncc4ccccc4c3=O)C2)cc1. The van der Waals surface area contributed by atoms with Crippen molar-refractivity contribution in [2.45, 2.75) is 19.0 Å². The summed E-state index contributed by atoms with van der Waals surface area (Å²) in [4.78, 5) is 14.9. The van der Waals surface area contributed by atoms with Crippen LogP contribution in [-0.2, 0) is 6.67 Å². The first-order valence-electron chi connectivity index (χ1n) is 8.56. The molecule has 25 heavy (non-hydrogen) atoms. The van der Waals surface area contributed by atoms with Crippen molar-refractivity contribution in [1.82, 2.24) is 14.7 Å². The molecule has 0 amide bonds. The molecule has 0 bridgehead atoms. The Morgan fingerprint density at radius 3 is 2.76 bits per heavy atom. The van der Waals surface area contributed by atoms with Gasteiger partial charge in [0, 0.05) is 18.5 Å². The molecule has 2 heterocycles. The van der Waals surface area contributed by atoms with Gasteiger partial charge in [-0.1, -0.05) is 30.3 Å². The highest BCUT2D eigenvalue weighted by Gasteiger charge is 2.24. The highest BCUT2D eigenvalue weighted by molar-refractivity contribution is 5.80. The minimum Gasteiger partial charge on any atom is -0.497 e. The van der Waals surface area contributed by atoms with Crippen molar-refractivity contribution in [3.63, 3.8) is 0 Å². The van der Waals surface area contributed by atoms with Crippen molar-refractivity contribution in [3.8, 4) is 5.75 Å². The smallest absolute Gasteiger partial charge is 0.275 e. The van der Waals surface area contributed by atoms with E-state index in [1.165, 1.54) is 5.56 Å². The number of benzene rings is 2. The third-order valence-corrected chi connectivity index (χ3v) is 4.96. The lowest BCUT2D eigenvalue weighted by Crippen LogP contribution is -2.32. The van der Waals surface area contributed by atoms with Crippen molar-refractivity contribution in [2.24, 2.45) is 0 Å². The summed E-state index contributed by atoms with van der Waals surface area (Å²) in [5.41, 5.74) is 1.30. The zero-order valence-electron chi connectivity index (χ0n) is 14.3. The highest BCUT2D eigenvalue weighted by atomic mass is 16.5. The molecule has 0 spiro atoms. The van der Waals surface area contributed by atoms with Gasteiger partial charge in [0.25, 0.3) is 5.56 Å². The zero-order chi connectivity index (χ0) is 17.2. The van der Waals surface area contributed by atoms with Gasteiger partial charge in [0.15, 0.2) is 0 Å². The van der Waals surface area contributed by atoms with Crippen LogP contribution in [0, 0.1) is 0 Å². The van der Waals surface area contributed by atoms with Crippen LogP contribution in [0.1, 0.15) is 17.9 Å². The molecule has 3 aromatic rings. The number of nitrogens with zero attached hydrogens (tertiary/aromatic N) is 3. The summed E-state index contributed by atoms with van der Waals surface area (Å²) in [6.07, 6.45) is 2.86. The van der Waals surface area contributed by atoms with Gasteiger partial charge in [0.2, 0.25) is 0 Å². The monoisotopic (exact) mass is 335 g/mol. The number of fused-ring (bicyclic) bond motifs is 1. The van der Waals surface area contributed by atoms with Crippen LogP contribution in [0.15, 0.2) is 59.5 Å². The van der Waals surface area contributed by atoms with Crippen LogP contribution in [0.25, 0.3) is 10.8 Å². The predicted octanol–water partition coefficient (Wildman–Crippen LogP) is 2.85. The van der Waals surface area contributed by atoms with Crippen LogP contribution in [0.5, 0.6) is 5.75 Å². The summed E-state index contributed by atoms with van der Waals surface area (Å²) < 4.78 is 6.79. The molecule has 1 aromatic heterocycles. The van der Waals surface area contributed by atoms with Gasteiger partial charge in [-0.2, -0.15) is 5.10 Å². The Bertz CT molecular complexity index is 934. The lowest BCUT2D eigenvalue weighted by atomic mass is 9.98. The maximum Gasteiger partial charge on any atom is 0.275 e. The van der Waals surface area contributed by atoms with Crippen LogP contribution in [-0.4, -0.2) is 34.9 Å². The van der Waals surface area contributed by atoms with Crippen molar-refractivity contribution < 1.29 is 4.74 Å². The van der Waals surface area contributed by atoms with Crippen LogP contribution in [0.3, 0.4) is 0 Å². The highest BCUT2D eigenvalue weighted by Crippen LogP contribution is 2.28. The van der Waals surface area contributed by atoms with Crippen LogP contribution in [0.4, 0.5) is 0 Å². The second-order valence-electron chi connectivity index (χ2n) is 6.51. The van der Waals surface area contributed by atoms with Crippen LogP contribution < -0.4 is 10.3 Å². The van der Waals surface area contributed by atoms with Gasteiger partial charge in [-0.05, 0) is 36.1 Å². The molecule has 1 unspecified atom stereocenters. The van der Waals surface area contributed by atoms with Gasteiger partial charge in [-0.3, -0.25) is 9.69 Å². The summed E-state index contributed by atoms with van der Waals surface area (Å²) in [6, 6.07) is 15.9. The largest absolute Gasteiger partial charge is 0.497 e. The molecule has 0 N–H and O–H groups in total. The molecule has 128 valence electrons. The van der Waals surface area contributed by atoms with Gasteiger partial charge < -0.3 is 4.74 Å². The van der Waals surface area contributed by atoms with E-state index in [4.69, 9.17) is 4.74 Å². The predicted molar refractivity (Wildman–Crippen MR) is 97.9 cm³/mol. The minimum atomic E-state index is -0.0222. The third kappa shape index (κ3) is 3.15. The molecule has 5 heteroatoms. The number of hydrogen-bond acceptors (Lipinski definition) is 4. The molecule has 4 rings (SSSR count). The summed E-state index contributed by atoms with van der Waals surface area (Å²) in [5.74, 6) is 1.37. The number of likely N-dealkylation sites (tertiary alicyclic amines) is 1. The quantitative estimate of drug-likeness (QED) is 0.735. The average Bonchev–Trinajstić information content (AvgIpc) is 3.13. The van der Waals surface area contributed by atoms with Gasteiger partial charge in [-0.25, -0.2) is 4.68 Å². The minimum absolute atomic E-state index is 0.0222. The summed E-state index contributed by atoms with van der Waals surface area (Å²) >= 11 is 0. The molecule has 1 aliphatic rings. The van der Waals surface area contributed by atoms with Crippen molar-refractivity contribution in [1.29, 1.82) is 0 Å². The van der Waals surface area contributed by atoms with Crippen LogP contribution in [0.2, 0.25) is 0 Å². The molecule has 1 saturated heterocycles. The summed E-state index contributed by atoms with van der Waals surface area (Å²) in [6.45, 7) is 2.45. The van der Waals surface area contributed by atoms with Gasteiger partial charge in [-0.15, -0.1) is 0 Å². The van der Waals surface area contributed by atoms with E-state index in [-0.39, 0.29) is 5.56 Å². The lowest BCUT2D eigenvalue weighted by molar-refractivity contribution is 0.247. The van der Waals surface area contributed by atoms with E-state index < -0.39 is 0 Å². The first-order chi connectivity index (χ1) is 12.2. The normalized spacial score (nSPS) is 17.9. The average molecular weight is 335 g/mol. The van der Waals surface area contributed by atoms with E-state index in [0.717, 1.165) is 36.0 Å². The first kappa shape index (κ1) is 15.8. The van der Waals surface area contributed by atoms with E-state index in [2.05, 4.69) is 22.1 Å².